The number of unbranched alkanes of at least 4 members (excludes halogenated alkanes) is 57. The Morgan fingerprint density at radius 3 is 0.817 bits per heavy atom. The molecule has 0 amide bonds. The molecule has 0 aliphatic carbocycles. The number of phosphoric acid groups is 1. The summed E-state index contributed by atoms with van der Waals surface area (Å²) in [7, 11) is 1.50. The Labute approximate surface area is 647 Å². The molecule has 0 spiro atoms. The first-order chi connectivity index (χ1) is 51.0. The Bertz CT molecular complexity index is 2040. The van der Waals surface area contributed by atoms with Crippen molar-refractivity contribution < 1.29 is 42.1 Å². The maximum absolute atomic E-state index is 13.0. The second-order valence-corrected chi connectivity index (χ2v) is 33.4. The van der Waals surface area contributed by atoms with Gasteiger partial charge in [-0.3, -0.25) is 18.6 Å². The van der Waals surface area contributed by atoms with Gasteiger partial charge in [0.25, 0.3) is 0 Å². The summed E-state index contributed by atoms with van der Waals surface area (Å²) in [6.45, 7) is 4.38. The maximum atomic E-state index is 13.0. The molecule has 0 aromatic rings. The van der Waals surface area contributed by atoms with E-state index in [9.17, 15) is 19.0 Å². The minimum atomic E-state index is -4.40. The van der Waals surface area contributed by atoms with E-state index in [2.05, 4.69) is 98.9 Å². The summed E-state index contributed by atoms with van der Waals surface area (Å²) in [5, 5.41) is 0. The van der Waals surface area contributed by atoms with Crippen LogP contribution in [0.15, 0.2) is 85.1 Å². The van der Waals surface area contributed by atoms with Gasteiger partial charge in [0.1, 0.15) is 19.8 Å². The number of hydrogen-bond acceptors (Lipinski definition) is 7. The summed E-state index contributed by atoms with van der Waals surface area (Å²) in [6.07, 6.45) is 118. The highest BCUT2D eigenvalue weighted by atomic mass is 31.2. The van der Waals surface area contributed by atoms with E-state index in [1.54, 1.807) is 0 Å². The summed E-state index contributed by atoms with van der Waals surface area (Å²) in [5.74, 6) is -0.771. The van der Waals surface area contributed by atoms with Crippen molar-refractivity contribution in [1.82, 2.24) is 0 Å². The van der Waals surface area contributed by atoms with Gasteiger partial charge in [-0.25, -0.2) is 4.57 Å². The van der Waals surface area contributed by atoms with Gasteiger partial charge < -0.3 is 18.9 Å². The third-order valence-corrected chi connectivity index (χ3v) is 21.4. The Balaban J connectivity index is 3.84. The van der Waals surface area contributed by atoms with Gasteiger partial charge in [0.2, 0.25) is 0 Å². The number of ether oxygens (including phenoxy) is 2. The van der Waals surface area contributed by atoms with Crippen LogP contribution in [0.5, 0.6) is 0 Å². The third kappa shape index (κ3) is 88.1. The molecule has 0 aliphatic heterocycles. The number of carbonyl (C=O) groups is 2. The fourth-order valence-corrected chi connectivity index (χ4v) is 14.3. The van der Waals surface area contributed by atoms with Crippen molar-refractivity contribution in [1.29, 1.82) is 0 Å². The molecule has 2 atom stereocenters. The van der Waals surface area contributed by atoms with Crippen LogP contribution in [-0.2, 0) is 32.7 Å². The van der Waals surface area contributed by atoms with Crippen LogP contribution < -0.4 is 0 Å². The number of rotatable bonds is 85. The second-order valence-electron chi connectivity index (χ2n) is 32.0. The molecule has 0 fully saturated rings. The number of esters is 2. The van der Waals surface area contributed by atoms with E-state index in [-0.39, 0.29) is 25.6 Å². The number of likely N-dealkylation sites (N-methyl/N-ethyl adjacent to an activating group) is 1. The number of carbonyl (C=O) groups excluding carboxylic acids is 2. The molecule has 0 rings (SSSR count). The van der Waals surface area contributed by atoms with E-state index in [0.29, 0.717) is 23.9 Å². The summed E-state index contributed by atoms with van der Waals surface area (Å²) >= 11 is 0. The Hall–Kier alpha value is -2.81. The Kier molecular flexibility index (Phi) is 81.9. The van der Waals surface area contributed by atoms with Crippen LogP contribution in [0.25, 0.3) is 0 Å². The predicted molar refractivity (Wildman–Crippen MR) is 455 cm³/mol. The fourth-order valence-electron chi connectivity index (χ4n) is 13.6. The molecule has 9 nitrogen and oxygen atoms in total. The number of allylic oxidation sites excluding steroid dienone is 14. The average Bonchev–Trinajstić information content (AvgIpc) is 0.920. The fraction of sp³-hybridized carbons (Fsp3) is 0.830. The van der Waals surface area contributed by atoms with Gasteiger partial charge in [-0.1, -0.05) is 433 Å². The van der Waals surface area contributed by atoms with Crippen molar-refractivity contribution in [3.63, 3.8) is 0 Å². The molecule has 0 aromatic carbocycles. The van der Waals surface area contributed by atoms with E-state index in [4.69, 9.17) is 18.5 Å². The largest absolute Gasteiger partial charge is 0.472 e. The molecular formula is C94H175NO8P+. The molecule has 608 valence electrons. The number of quaternary nitrogens is 1. The molecule has 0 bridgehead atoms. The number of nitrogens with zero attached hydrogens (tertiary/aromatic N) is 1. The van der Waals surface area contributed by atoms with Crippen molar-refractivity contribution >= 4 is 19.8 Å². The van der Waals surface area contributed by atoms with Crippen LogP contribution in [0.4, 0.5) is 0 Å². The molecule has 0 heterocycles. The third-order valence-electron chi connectivity index (χ3n) is 20.4. The zero-order chi connectivity index (χ0) is 75.4. The van der Waals surface area contributed by atoms with E-state index >= 15 is 0 Å². The Morgan fingerprint density at radius 2 is 0.548 bits per heavy atom. The van der Waals surface area contributed by atoms with Gasteiger partial charge in [-0.15, -0.1) is 0 Å². The highest BCUT2D eigenvalue weighted by molar-refractivity contribution is 7.47. The first-order valence-corrected chi connectivity index (χ1v) is 46.8. The lowest BCUT2D eigenvalue weighted by atomic mass is 10.0. The van der Waals surface area contributed by atoms with Crippen LogP contribution in [0.3, 0.4) is 0 Å². The van der Waals surface area contributed by atoms with Gasteiger partial charge in [0.15, 0.2) is 6.10 Å². The van der Waals surface area contributed by atoms with Gasteiger partial charge >= 0.3 is 19.8 Å². The minimum Gasteiger partial charge on any atom is -0.462 e. The molecule has 0 radical (unpaired) electrons. The van der Waals surface area contributed by atoms with Gasteiger partial charge in [-0.2, -0.15) is 0 Å². The maximum Gasteiger partial charge on any atom is 0.472 e. The molecular weight excluding hydrogens is 1300 g/mol. The van der Waals surface area contributed by atoms with E-state index in [1.807, 2.05) is 21.1 Å². The Morgan fingerprint density at radius 1 is 0.308 bits per heavy atom. The van der Waals surface area contributed by atoms with Gasteiger partial charge in [-0.05, 0) is 89.9 Å². The van der Waals surface area contributed by atoms with Crippen molar-refractivity contribution in [3.05, 3.63) is 85.1 Å². The highest BCUT2D eigenvalue weighted by Gasteiger charge is 2.27. The van der Waals surface area contributed by atoms with Crippen LogP contribution in [0, 0.1) is 0 Å². The lowest BCUT2D eigenvalue weighted by molar-refractivity contribution is -0.870. The molecule has 10 heteroatoms. The highest BCUT2D eigenvalue weighted by Crippen LogP contribution is 2.43. The van der Waals surface area contributed by atoms with Crippen molar-refractivity contribution in [2.45, 2.75) is 457 Å². The van der Waals surface area contributed by atoms with Gasteiger partial charge in [0, 0.05) is 12.8 Å². The molecule has 0 aliphatic rings. The quantitative estimate of drug-likeness (QED) is 0.0211. The topological polar surface area (TPSA) is 108 Å². The average molecular weight is 1480 g/mol. The molecule has 2 unspecified atom stereocenters. The lowest BCUT2D eigenvalue weighted by Gasteiger charge is -2.24. The zero-order valence-electron chi connectivity index (χ0n) is 69.8. The van der Waals surface area contributed by atoms with Crippen LogP contribution >= 0.6 is 7.82 Å². The van der Waals surface area contributed by atoms with E-state index in [0.717, 1.165) is 70.6 Å². The first-order valence-electron chi connectivity index (χ1n) is 45.3. The van der Waals surface area contributed by atoms with Gasteiger partial charge in [0.05, 0.1) is 27.7 Å². The van der Waals surface area contributed by atoms with Crippen LogP contribution in [0.1, 0.15) is 450 Å². The second kappa shape index (κ2) is 84.2. The summed E-state index contributed by atoms with van der Waals surface area (Å²) in [6, 6.07) is 0. The lowest BCUT2D eigenvalue weighted by Crippen LogP contribution is -2.37. The first kappa shape index (κ1) is 101. The van der Waals surface area contributed by atoms with Crippen LogP contribution in [0.2, 0.25) is 0 Å². The SMILES string of the molecule is CC/C=C\C/C=C\C/C=C\C/C=C\CCCCCCCCCCCCCCCCCCCCCCCCCCCCCCC(=O)OC(COC(=O)CCCCCCCCCCCCCCCCCCCCCCCCCC/C=C\C/C=C\C/C=C\CCCCCCC)COP(=O)(O)OCC[N+](C)(C)C. The molecule has 104 heavy (non-hydrogen) atoms. The number of phosphoric ester groups is 1. The van der Waals surface area contributed by atoms with Crippen molar-refractivity contribution in [2.75, 3.05) is 47.5 Å². The normalized spacial score (nSPS) is 13.3. The predicted octanol–water partition coefficient (Wildman–Crippen LogP) is 30.7. The van der Waals surface area contributed by atoms with E-state index < -0.39 is 26.5 Å². The smallest absolute Gasteiger partial charge is 0.462 e. The molecule has 1 N–H and O–H groups in total. The molecule has 0 aromatic heterocycles. The van der Waals surface area contributed by atoms with Crippen molar-refractivity contribution in [2.24, 2.45) is 0 Å². The van der Waals surface area contributed by atoms with E-state index in [1.165, 1.54) is 347 Å². The summed E-state index contributed by atoms with van der Waals surface area (Å²) in [5.41, 5.74) is 0. The minimum absolute atomic E-state index is 0.0340. The van der Waals surface area contributed by atoms with Crippen molar-refractivity contribution in [3.8, 4) is 0 Å². The zero-order valence-corrected chi connectivity index (χ0v) is 70.7. The summed E-state index contributed by atoms with van der Waals surface area (Å²) in [4.78, 5) is 36.1. The molecule has 0 saturated heterocycles. The number of hydrogen-bond donors (Lipinski definition) is 1. The van der Waals surface area contributed by atoms with Crippen LogP contribution in [-0.4, -0.2) is 74.9 Å². The monoisotopic (exact) mass is 1480 g/mol. The molecule has 0 saturated carbocycles. The standard InChI is InChI=1S/C94H174NO8P/c1-6-8-10-12-14-16-18-20-22-24-26-28-30-32-34-36-38-40-42-44-46-47-49-51-53-55-57-59-61-63-65-67-69-71-73-75-77-79-81-83-85-87-94(97)103-92(91-102-104(98,99)101-89-88-95(3,4)5)90-100-93(96)86-84-82-80-78-76-74-72-70-68-66-64-62-60-58-56-54-52-50-48-45-43-41-39-37-35-33-31-29-27-25-23-21-19-17-15-13-11-9-7-2/h8,10,14,16,19-22,25-28,31,33,92H,6-7,9,11-13,15,17-18,23-24,29-30,32,34-91H2,1-5H3/p+1/b10-8-,16-14-,21-19-,22-20-,27-25-,28-26-,33-31-. The summed E-state index contributed by atoms with van der Waals surface area (Å²) < 4.78 is 34.9.